The molecule has 2 N–H and O–H groups in total. The lowest BCUT2D eigenvalue weighted by Crippen LogP contribution is -3.11. The minimum absolute atomic E-state index is 0.0755. The largest absolute Gasteiger partial charge is 0.378 e. The minimum Gasteiger partial charge on any atom is -0.378 e. The molecule has 1 aliphatic heterocycles. The van der Waals surface area contributed by atoms with Gasteiger partial charge in [-0.2, -0.15) is 0 Å². The van der Waals surface area contributed by atoms with E-state index in [0.717, 1.165) is 17.0 Å². The number of hydrogen-bond acceptors (Lipinski definition) is 3. The number of benzene rings is 1. The Kier molecular flexibility index (Phi) is 7.40. The normalized spacial score (nSPS) is 17.0. The minimum atomic E-state index is -0.0800. The number of carbonyl (C=O) groups excluding carboxylic acids is 2. The summed E-state index contributed by atoms with van der Waals surface area (Å²) in [5.41, 5.74) is 2.07. The van der Waals surface area contributed by atoms with E-state index >= 15 is 0 Å². The highest BCUT2D eigenvalue weighted by Gasteiger charge is 2.21. The van der Waals surface area contributed by atoms with Gasteiger partial charge in [0.2, 0.25) is 0 Å². The Morgan fingerprint density at radius 3 is 2.44 bits per heavy atom. The fourth-order valence-corrected chi connectivity index (χ4v) is 2.86. The number of nitrogens with zero attached hydrogens (tertiary/aromatic N) is 1. The average molecular weight is 348 g/mol. The molecular formula is C19H30N3O3+. The van der Waals surface area contributed by atoms with Crippen LogP contribution in [0.3, 0.4) is 0 Å². The summed E-state index contributed by atoms with van der Waals surface area (Å²) in [7, 11) is 1.87. The summed E-state index contributed by atoms with van der Waals surface area (Å²) in [5.74, 6) is 0.515. The third kappa shape index (κ3) is 6.14. The number of anilines is 1. The molecule has 1 aromatic rings. The van der Waals surface area contributed by atoms with Crippen LogP contribution in [0, 0.1) is 0 Å². The van der Waals surface area contributed by atoms with Crippen LogP contribution in [0.15, 0.2) is 24.3 Å². The van der Waals surface area contributed by atoms with Crippen LogP contribution in [-0.4, -0.2) is 63.2 Å². The number of ether oxygens (including phenoxy) is 1. The molecule has 138 valence electrons. The molecule has 6 heteroatoms. The molecule has 6 nitrogen and oxygen atoms in total. The first-order chi connectivity index (χ1) is 12.0. The number of morpholine rings is 1. The molecule has 2 amide bonds. The number of carbonyl (C=O) groups is 2. The van der Waals surface area contributed by atoms with Gasteiger partial charge in [0.15, 0.2) is 13.1 Å². The summed E-state index contributed by atoms with van der Waals surface area (Å²) in [6.07, 6.45) is 1.09. The second-order valence-corrected chi connectivity index (χ2v) is 6.78. The summed E-state index contributed by atoms with van der Waals surface area (Å²) in [6, 6.07) is 7.99. The van der Waals surface area contributed by atoms with E-state index in [1.54, 1.807) is 4.90 Å². The predicted octanol–water partition coefficient (Wildman–Crippen LogP) is 0.512. The van der Waals surface area contributed by atoms with E-state index in [1.165, 1.54) is 5.56 Å². The molecule has 0 aromatic heterocycles. The Morgan fingerprint density at radius 1 is 1.20 bits per heavy atom. The van der Waals surface area contributed by atoms with Crippen molar-refractivity contribution in [3.05, 3.63) is 29.8 Å². The van der Waals surface area contributed by atoms with Gasteiger partial charge in [-0.3, -0.25) is 9.59 Å². The first-order valence-electron chi connectivity index (χ1n) is 9.06. The standard InChI is InChI=1S/C19H29N3O3/c1-4-15(2)16-5-7-17(8-6-16)20-18(23)13-21(3)14-19(24)22-9-11-25-12-10-22/h5-8,15H,4,9-14H2,1-3H3,(H,20,23)/p+1/t15-/m0/s1. The fourth-order valence-electron chi connectivity index (χ4n) is 2.86. The molecule has 0 aliphatic carbocycles. The monoisotopic (exact) mass is 348 g/mol. The second-order valence-electron chi connectivity index (χ2n) is 6.78. The number of rotatable bonds is 7. The van der Waals surface area contributed by atoms with Gasteiger partial charge in [0.05, 0.1) is 20.3 Å². The topological polar surface area (TPSA) is 63.1 Å². The van der Waals surface area contributed by atoms with Crippen LogP contribution >= 0.6 is 0 Å². The number of hydrogen-bond donors (Lipinski definition) is 2. The Labute approximate surface area is 150 Å². The van der Waals surface area contributed by atoms with E-state index in [9.17, 15) is 9.59 Å². The van der Waals surface area contributed by atoms with Crippen LogP contribution in [0.4, 0.5) is 5.69 Å². The maximum atomic E-state index is 12.2. The zero-order chi connectivity index (χ0) is 18.2. The summed E-state index contributed by atoms with van der Waals surface area (Å²) in [5, 5.41) is 2.91. The molecule has 1 saturated heterocycles. The van der Waals surface area contributed by atoms with Gasteiger partial charge in [0, 0.05) is 18.8 Å². The van der Waals surface area contributed by atoms with Crippen LogP contribution in [0.5, 0.6) is 0 Å². The van der Waals surface area contributed by atoms with Crippen molar-refractivity contribution in [2.75, 3.05) is 51.8 Å². The number of nitrogens with one attached hydrogen (secondary N) is 2. The summed E-state index contributed by atoms with van der Waals surface area (Å²) < 4.78 is 5.25. The summed E-state index contributed by atoms with van der Waals surface area (Å²) in [6.45, 7) is 7.41. The van der Waals surface area contributed by atoms with Gasteiger partial charge in [0.1, 0.15) is 0 Å². The lowest BCUT2D eigenvalue weighted by atomic mass is 9.99. The zero-order valence-electron chi connectivity index (χ0n) is 15.5. The van der Waals surface area contributed by atoms with Crippen LogP contribution in [-0.2, 0) is 14.3 Å². The van der Waals surface area contributed by atoms with Crippen molar-refractivity contribution in [3.8, 4) is 0 Å². The predicted molar refractivity (Wildman–Crippen MR) is 97.8 cm³/mol. The van der Waals surface area contributed by atoms with E-state index in [-0.39, 0.29) is 18.4 Å². The molecule has 2 rings (SSSR count). The van der Waals surface area contributed by atoms with Gasteiger partial charge in [-0.15, -0.1) is 0 Å². The van der Waals surface area contributed by atoms with Gasteiger partial charge in [0.25, 0.3) is 11.8 Å². The van der Waals surface area contributed by atoms with E-state index < -0.39 is 0 Å². The van der Waals surface area contributed by atoms with E-state index in [2.05, 4.69) is 31.3 Å². The van der Waals surface area contributed by atoms with Crippen LogP contribution in [0.2, 0.25) is 0 Å². The lowest BCUT2D eigenvalue weighted by Gasteiger charge is -2.27. The van der Waals surface area contributed by atoms with E-state index in [4.69, 9.17) is 4.74 Å². The first-order valence-corrected chi connectivity index (χ1v) is 9.06. The molecule has 1 fully saturated rings. The molecule has 1 aliphatic rings. The Bertz CT molecular complexity index is 568. The molecular weight excluding hydrogens is 318 g/mol. The number of quaternary nitrogens is 1. The highest BCUT2D eigenvalue weighted by molar-refractivity contribution is 5.91. The summed E-state index contributed by atoms with van der Waals surface area (Å²) >= 11 is 0. The number of likely N-dealkylation sites (N-methyl/N-ethyl adjacent to an activating group) is 1. The lowest BCUT2D eigenvalue weighted by molar-refractivity contribution is -0.862. The average Bonchev–Trinajstić information content (AvgIpc) is 2.62. The van der Waals surface area contributed by atoms with Crippen molar-refractivity contribution in [1.29, 1.82) is 0 Å². The van der Waals surface area contributed by atoms with Gasteiger partial charge in [-0.25, -0.2) is 0 Å². The summed E-state index contributed by atoms with van der Waals surface area (Å²) in [4.78, 5) is 27.1. The van der Waals surface area contributed by atoms with Crippen molar-refractivity contribution in [1.82, 2.24) is 4.90 Å². The van der Waals surface area contributed by atoms with Crippen molar-refractivity contribution >= 4 is 17.5 Å². The number of amides is 2. The highest BCUT2D eigenvalue weighted by atomic mass is 16.5. The fraction of sp³-hybridized carbons (Fsp3) is 0.579. The van der Waals surface area contributed by atoms with Crippen molar-refractivity contribution in [3.63, 3.8) is 0 Å². The molecule has 0 saturated carbocycles. The Balaban J connectivity index is 1.77. The molecule has 1 unspecified atom stereocenters. The smallest absolute Gasteiger partial charge is 0.279 e. The quantitative estimate of drug-likeness (QED) is 0.755. The molecule has 0 spiro atoms. The van der Waals surface area contributed by atoms with Gasteiger partial charge < -0.3 is 19.9 Å². The Hall–Kier alpha value is -1.92. The van der Waals surface area contributed by atoms with E-state index in [1.807, 2.05) is 19.2 Å². The molecule has 0 bridgehead atoms. The van der Waals surface area contributed by atoms with Crippen LogP contribution in [0.1, 0.15) is 31.7 Å². The molecule has 1 heterocycles. The maximum absolute atomic E-state index is 12.2. The Morgan fingerprint density at radius 2 is 1.84 bits per heavy atom. The first kappa shape index (κ1) is 19.4. The molecule has 0 radical (unpaired) electrons. The van der Waals surface area contributed by atoms with Gasteiger partial charge in [-0.1, -0.05) is 26.0 Å². The molecule has 1 aromatic carbocycles. The molecule has 2 atom stereocenters. The van der Waals surface area contributed by atoms with Crippen molar-refractivity contribution in [2.45, 2.75) is 26.2 Å². The third-order valence-electron chi connectivity index (χ3n) is 4.65. The van der Waals surface area contributed by atoms with E-state index in [0.29, 0.717) is 38.8 Å². The highest BCUT2D eigenvalue weighted by Crippen LogP contribution is 2.20. The molecule has 25 heavy (non-hydrogen) atoms. The van der Waals surface area contributed by atoms with Crippen molar-refractivity contribution in [2.24, 2.45) is 0 Å². The van der Waals surface area contributed by atoms with Gasteiger partial charge in [-0.05, 0) is 30.0 Å². The van der Waals surface area contributed by atoms with Crippen LogP contribution < -0.4 is 10.2 Å². The SMILES string of the molecule is CC[C@H](C)c1ccc(NC(=O)C[NH+](C)CC(=O)N2CCOCC2)cc1. The van der Waals surface area contributed by atoms with Gasteiger partial charge >= 0.3 is 0 Å². The third-order valence-corrected chi connectivity index (χ3v) is 4.65. The van der Waals surface area contributed by atoms with Crippen LogP contribution in [0.25, 0.3) is 0 Å². The second kappa shape index (κ2) is 9.53. The maximum Gasteiger partial charge on any atom is 0.279 e. The van der Waals surface area contributed by atoms with Crippen molar-refractivity contribution < 1.29 is 19.2 Å². The zero-order valence-corrected chi connectivity index (χ0v) is 15.5.